The lowest BCUT2D eigenvalue weighted by Crippen LogP contribution is -2.34. The Morgan fingerprint density at radius 1 is 1.08 bits per heavy atom. The fraction of sp³-hybridized carbons (Fsp3) is 0.793. The van der Waals surface area contributed by atoms with Crippen LogP contribution < -0.4 is 0 Å². The first-order valence-electron chi connectivity index (χ1n) is 14.3. The molecule has 0 saturated carbocycles. The number of allylic oxidation sites excluding steroid dienone is 5. The maximum Gasteiger partial charge on any atom is 0.168 e. The van der Waals surface area contributed by atoms with Crippen LogP contribution >= 0.6 is 11.9 Å². The summed E-state index contributed by atoms with van der Waals surface area (Å²) in [5.41, 5.74) is 9.13. The number of rotatable bonds is 17. The lowest BCUT2D eigenvalue weighted by atomic mass is 9.91. The number of halogens is 1. The second kappa shape index (κ2) is 29.8. The highest BCUT2D eigenvalue weighted by Crippen LogP contribution is 2.22. The third-order valence-electron chi connectivity index (χ3n) is 6.02. The molecule has 1 saturated heterocycles. The van der Waals surface area contributed by atoms with Gasteiger partial charge in [0, 0.05) is 15.2 Å². The van der Waals surface area contributed by atoms with Crippen LogP contribution in [0.4, 0.5) is 4.53 Å². The van der Waals surface area contributed by atoms with Crippen molar-refractivity contribution in [3.63, 3.8) is 0 Å². The minimum atomic E-state index is 0.271. The zero-order valence-electron chi connectivity index (χ0n) is 24.2. The van der Waals surface area contributed by atoms with Crippen LogP contribution in [0.1, 0.15) is 119 Å². The summed E-state index contributed by atoms with van der Waals surface area (Å²) in [6.45, 7) is 16.0. The lowest BCUT2D eigenvalue weighted by molar-refractivity contribution is -0.0770. The highest BCUT2D eigenvalue weighted by Gasteiger charge is 2.17. The van der Waals surface area contributed by atoms with Crippen molar-refractivity contribution in [3.05, 3.63) is 46.1 Å². The second-order valence-corrected chi connectivity index (χ2v) is 9.86. The maximum atomic E-state index is 11.8. The average molecular weight is 527 g/mol. The number of piperidine rings is 1. The van der Waals surface area contributed by atoms with E-state index in [-0.39, 0.29) is 5.76 Å². The molecule has 1 aliphatic heterocycles. The first kappa shape index (κ1) is 36.7. The first-order chi connectivity index (χ1) is 17.6. The molecule has 0 radical (unpaired) electrons. The van der Waals surface area contributed by atoms with Crippen molar-refractivity contribution in [3.8, 4) is 0 Å². The summed E-state index contributed by atoms with van der Waals surface area (Å²) in [7, 11) is 0. The Morgan fingerprint density at radius 3 is 2.28 bits per heavy atom. The Labute approximate surface area is 226 Å². The van der Waals surface area contributed by atoms with E-state index in [1.807, 2.05) is 46.8 Å². The van der Waals surface area contributed by atoms with Gasteiger partial charge in [-0.15, -0.1) is 0 Å². The Morgan fingerprint density at radius 2 is 1.72 bits per heavy atom. The number of azide groups is 1. The van der Waals surface area contributed by atoms with E-state index < -0.39 is 0 Å². The molecule has 36 heavy (non-hydrogen) atoms. The molecule has 1 rings (SSSR count). The minimum absolute atomic E-state index is 0.271. The Bertz CT molecular complexity index is 610. The van der Waals surface area contributed by atoms with E-state index in [1.165, 1.54) is 102 Å². The van der Waals surface area contributed by atoms with Crippen LogP contribution in [0.2, 0.25) is 0 Å². The molecule has 0 N–H and O–H groups in total. The number of nitrogens with zero attached hydrogens (tertiary/aromatic N) is 4. The van der Waals surface area contributed by atoms with E-state index in [9.17, 15) is 4.53 Å². The van der Waals surface area contributed by atoms with Gasteiger partial charge >= 0.3 is 0 Å². The zero-order valence-corrected chi connectivity index (χ0v) is 25.0. The standard InChI is InChI=1S/C17H34N4S.C10H15FO.C2H6/c1-2-3-10-17-11-14-21(15-12-17)13-8-6-4-5-7-9-16-22-20-19-18;1-4-6-9(3)8-10(12-11)7-5-2;1-2/h17H,2-16H2,1H3;4,6-8H,5H2,1-3H3;1-2H3/b;6-4-,9-8+,10-7+;. The SMILES string of the molecule is CC.CCCCC1CCN(CCCCCCCCSN=[N+]=[N-])CC1.C\C=C/C(C)=C/C(=C\CC)OF. The quantitative estimate of drug-likeness (QED) is 0.0360. The van der Waals surface area contributed by atoms with E-state index in [4.69, 9.17) is 5.53 Å². The summed E-state index contributed by atoms with van der Waals surface area (Å²) in [5, 5.41) is 0. The lowest BCUT2D eigenvalue weighted by Gasteiger charge is -2.32. The van der Waals surface area contributed by atoms with Gasteiger partial charge in [0.25, 0.3) is 0 Å². The predicted octanol–water partition coefficient (Wildman–Crippen LogP) is 10.9. The van der Waals surface area contributed by atoms with Crippen LogP contribution in [0.3, 0.4) is 0 Å². The molecule has 0 aromatic rings. The Hall–Kier alpha value is -1.43. The highest BCUT2D eigenvalue weighted by molar-refractivity contribution is 7.97. The fourth-order valence-electron chi connectivity index (χ4n) is 4.12. The van der Waals surface area contributed by atoms with Crippen molar-refractivity contribution in [2.75, 3.05) is 25.4 Å². The molecular weight excluding hydrogens is 471 g/mol. The zero-order chi connectivity index (χ0) is 27.3. The Kier molecular flexibility index (Phi) is 30.4. The molecule has 0 unspecified atom stereocenters. The van der Waals surface area contributed by atoms with Gasteiger partial charge in [0.1, 0.15) is 0 Å². The Balaban J connectivity index is 0. The minimum Gasteiger partial charge on any atom is -0.303 e. The van der Waals surface area contributed by atoms with Gasteiger partial charge in [-0.05, 0) is 99.3 Å². The molecule has 0 spiro atoms. The molecule has 0 bridgehead atoms. The molecule has 7 heteroatoms. The highest BCUT2D eigenvalue weighted by atomic mass is 32.2. The maximum absolute atomic E-state index is 11.8. The van der Waals surface area contributed by atoms with Crippen LogP contribution in [-0.4, -0.2) is 30.3 Å². The van der Waals surface area contributed by atoms with E-state index in [1.54, 1.807) is 12.2 Å². The number of unbranched alkanes of at least 4 members (excludes halogenated alkanes) is 6. The molecule has 0 amide bonds. The van der Waals surface area contributed by atoms with Crippen molar-refractivity contribution in [1.29, 1.82) is 0 Å². The molecular formula is C29H55FN4OS. The first-order valence-corrected chi connectivity index (χ1v) is 15.2. The van der Waals surface area contributed by atoms with Crippen molar-refractivity contribution in [1.82, 2.24) is 4.90 Å². The van der Waals surface area contributed by atoms with Gasteiger partial charge in [-0.1, -0.05) is 96.7 Å². The van der Waals surface area contributed by atoms with E-state index in [0.717, 1.165) is 23.7 Å². The van der Waals surface area contributed by atoms with Gasteiger partial charge in [-0.25, -0.2) is 0 Å². The molecule has 1 heterocycles. The summed E-state index contributed by atoms with van der Waals surface area (Å²) >= 11 is 1.35. The van der Waals surface area contributed by atoms with Crippen LogP contribution in [0.5, 0.6) is 0 Å². The van der Waals surface area contributed by atoms with Crippen molar-refractivity contribution >= 4 is 11.9 Å². The molecule has 0 aromatic heterocycles. The van der Waals surface area contributed by atoms with Gasteiger partial charge in [0.2, 0.25) is 0 Å². The third kappa shape index (κ3) is 24.3. The molecule has 210 valence electrons. The van der Waals surface area contributed by atoms with Crippen molar-refractivity contribution in [2.24, 2.45) is 10.4 Å². The normalized spacial score (nSPS) is 15.0. The predicted molar refractivity (Wildman–Crippen MR) is 158 cm³/mol. The van der Waals surface area contributed by atoms with Crippen molar-refractivity contribution in [2.45, 2.75) is 119 Å². The fourth-order valence-corrected chi connectivity index (χ4v) is 4.58. The molecule has 1 aliphatic rings. The van der Waals surface area contributed by atoms with Crippen LogP contribution in [0, 0.1) is 5.92 Å². The summed E-state index contributed by atoms with van der Waals surface area (Å²) in [6, 6.07) is 0. The molecule has 0 atom stereocenters. The number of hydrogen-bond donors (Lipinski definition) is 0. The largest absolute Gasteiger partial charge is 0.303 e. The van der Waals surface area contributed by atoms with Crippen LogP contribution in [0.15, 0.2) is 40.2 Å². The van der Waals surface area contributed by atoms with E-state index in [0.29, 0.717) is 0 Å². The summed E-state index contributed by atoms with van der Waals surface area (Å²) in [6.07, 6.45) is 22.9. The molecule has 1 fully saturated rings. The third-order valence-corrected chi connectivity index (χ3v) is 6.68. The van der Waals surface area contributed by atoms with Gasteiger partial charge in [0.05, 0.1) is 0 Å². The smallest absolute Gasteiger partial charge is 0.168 e. The van der Waals surface area contributed by atoms with Gasteiger partial charge in [-0.3, -0.25) is 4.94 Å². The summed E-state index contributed by atoms with van der Waals surface area (Å²) in [4.78, 5) is 9.08. The number of hydrogen-bond acceptors (Lipinski definition) is 4. The van der Waals surface area contributed by atoms with Gasteiger partial charge < -0.3 is 4.90 Å². The second-order valence-electron chi connectivity index (χ2n) is 9.03. The van der Waals surface area contributed by atoms with Gasteiger partial charge in [0.15, 0.2) is 5.76 Å². The molecule has 0 aromatic carbocycles. The van der Waals surface area contributed by atoms with Crippen LogP contribution in [-0.2, 0) is 4.94 Å². The van der Waals surface area contributed by atoms with Crippen LogP contribution in [0.25, 0.3) is 10.4 Å². The summed E-state index contributed by atoms with van der Waals surface area (Å²) < 4.78 is 15.3. The average Bonchev–Trinajstić information content (AvgIpc) is 2.90. The number of likely N-dealkylation sites (tertiary alicyclic amines) is 1. The molecule has 0 aliphatic carbocycles. The van der Waals surface area contributed by atoms with Gasteiger partial charge in [-0.2, -0.15) is 0 Å². The monoisotopic (exact) mass is 526 g/mol. The van der Waals surface area contributed by atoms with E-state index >= 15 is 0 Å². The van der Waals surface area contributed by atoms with Crippen molar-refractivity contribution < 1.29 is 9.47 Å². The molecule has 5 nitrogen and oxygen atoms in total. The van der Waals surface area contributed by atoms with E-state index in [2.05, 4.69) is 26.2 Å². The topological polar surface area (TPSA) is 61.2 Å². The summed E-state index contributed by atoms with van der Waals surface area (Å²) in [5.74, 6) is 2.25.